The van der Waals surface area contributed by atoms with Gasteiger partial charge >= 0.3 is 0 Å². The lowest BCUT2D eigenvalue weighted by Crippen LogP contribution is -2.39. The second-order valence-corrected chi connectivity index (χ2v) is 5.99. The number of nitrogens with zero attached hydrogens (tertiary/aromatic N) is 2. The first-order valence-electron chi connectivity index (χ1n) is 6.66. The molecule has 2 aromatic rings. The van der Waals surface area contributed by atoms with E-state index in [9.17, 15) is 0 Å². The number of rotatable bonds is 2. The number of nitrogens with two attached hydrogens (primary N) is 1. The van der Waals surface area contributed by atoms with Crippen molar-refractivity contribution < 1.29 is 0 Å². The summed E-state index contributed by atoms with van der Waals surface area (Å²) in [4.78, 5) is 7.12. The van der Waals surface area contributed by atoms with Gasteiger partial charge in [0.15, 0.2) is 5.13 Å². The van der Waals surface area contributed by atoms with Gasteiger partial charge < -0.3 is 10.6 Å². The predicted octanol–water partition coefficient (Wildman–Crippen LogP) is 2.79. The van der Waals surface area contributed by atoms with Crippen molar-refractivity contribution in [3.8, 4) is 0 Å². The Labute approximate surface area is 112 Å². The molecule has 1 aliphatic heterocycles. The van der Waals surface area contributed by atoms with Gasteiger partial charge in [-0.15, -0.1) is 0 Å². The summed E-state index contributed by atoms with van der Waals surface area (Å²) >= 11 is 1.81. The zero-order valence-corrected chi connectivity index (χ0v) is 11.5. The third-order valence-electron chi connectivity index (χ3n) is 3.66. The monoisotopic (exact) mass is 261 g/mol. The molecule has 0 unspecified atom stereocenters. The summed E-state index contributed by atoms with van der Waals surface area (Å²) in [6, 6.07) is 6.97. The molecular formula is C14H19N3S. The number of aryl methyl sites for hydroxylation is 1. The lowest BCUT2D eigenvalue weighted by Gasteiger charge is -2.29. The molecule has 1 aromatic heterocycles. The number of thiazole rings is 1. The smallest absolute Gasteiger partial charge is 0.186 e. The number of anilines is 1. The van der Waals surface area contributed by atoms with Crippen molar-refractivity contribution in [1.82, 2.24) is 4.98 Å². The molecule has 3 nitrogen and oxygen atoms in total. The number of hydrogen-bond donors (Lipinski definition) is 1. The van der Waals surface area contributed by atoms with Crippen LogP contribution in [0.15, 0.2) is 18.2 Å². The Balaban J connectivity index is 1.88. The molecule has 4 heteroatoms. The lowest BCUT2D eigenvalue weighted by molar-refractivity contribution is 0.501. The fourth-order valence-corrected chi connectivity index (χ4v) is 3.48. The maximum Gasteiger partial charge on any atom is 0.186 e. The molecule has 0 saturated carbocycles. The second kappa shape index (κ2) is 4.86. The first kappa shape index (κ1) is 11.9. The molecular weight excluding hydrogens is 242 g/mol. The van der Waals surface area contributed by atoms with E-state index in [1.165, 1.54) is 10.3 Å². The molecule has 0 bridgehead atoms. The average molecular weight is 261 g/mol. The number of fused-ring (bicyclic) bond motifs is 1. The van der Waals surface area contributed by atoms with E-state index in [-0.39, 0.29) is 0 Å². The van der Waals surface area contributed by atoms with Gasteiger partial charge in [0.1, 0.15) is 0 Å². The molecule has 0 radical (unpaired) electrons. The predicted molar refractivity (Wildman–Crippen MR) is 78.4 cm³/mol. The van der Waals surface area contributed by atoms with Crippen LogP contribution >= 0.6 is 11.3 Å². The van der Waals surface area contributed by atoms with Crippen molar-refractivity contribution in [2.45, 2.75) is 32.2 Å². The minimum Gasteiger partial charge on any atom is -0.348 e. The van der Waals surface area contributed by atoms with Gasteiger partial charge in [0.05, 0.1) is 10.2 Å². The van der Waals surface area contributed by atoms with Crippen LogP contribution in [0.4, 0.5) is 5.13 Å². The largest absolute Gasteiger partial charge is 0.348 e. The van der Waals surface area contributed by atoms with Crippen molar-refractivity contribution in [3.05, 3.63) is 23.8 Å². The highest BCUT2D eigenvalue weighted by Gasteiger charge is 2.19. The van der Waals surface area contributed by atoms with Crippen LogP contribution in [-0.4, -0.2) is 24.1 Å². The fourth-order valence-electron chi connectivity index (χ4n) is 2.40. The molecule has 1 saturated heterocycles. The van der Waals surface area contributed by atoms with E-state index in [1.54, 1.807) is 0 Å². The van der Waals surface area contributed by atoms with Gasteiger partial charge in [0, 0.05) is 19.1 Å². The minimum absolute atomic E-state index is 0.377. The number of benzene rings is 1. The van der Waals surface area contributed by atoms with Gasteiger partial charge in [-0.3, -0.25) is 0 Å². The molecule has 0 amide bonds. The Morgan fingerprint density at radius 1 is 1.39 bits per heavy atom. The van der Waals surface area contributed by atoms with Crippen LogP contribution < -0.4 is 10.6 Å². The van der Waals surface area contributed by atoms with Crippen LogP contribution in [0.1, 0.15) is 25.3 Å². The summed E-state index contributed by atoms with van der Waals surface area (Å²) in [5.74, 6) is 0. The van der Waals surface area contributed by atoms with Gasteiger partial charge in [0.25, 0.3) is 0 Å². The first-order chi connectivity index (χ1) is 8.76. The van der Waals surface area contributed by atoms with Crippen molar-refractivity contribution in [3.63, 3.8) is 0 Å². The van der Waals surface area contributed by atoms with Crippen LogP contribution in [0.3, 0.4) is 0 Å². The molecule has 2 heterocycles. The van der Waals surface area contributed by atoms with Crippen molar-refractivity contribution in [2.24, 2.45) is 5.73 Å². The number of piperidine rings is 1. The van der Waals surface area contributed by atoms with Crippen LogP contribution in [0, 0.1) is 0 Å². The standard InChI is InChI=1S/C14H19N3S/c1-2-10-3-4-12-13(9-10)18-14(16-12)17-7-5-11(15)6-8-17/h3-4,9,11H,2,5-8,15H2,1H3. The first-order valence-corrected chi connectivity index (χ1v) is 7.48. The van der Waals surface area contributed by atoms with Gasteiger partial charge in [0.2, 0.25) is 0 Å². The Morgan fingerprint density at radius 3 is 2.89 bits per heavy atom. The van der Waals surface area contributed by atoms with E-state index < -0.39 is 0 Å². The second-order valence-electron chi connectivity index (χ2n) is 4.98. The summed E-state index contributed by atoms with van der Waals surface area (Å²) in [7, 11) is 0. The third kappa shape index (κ3) is 2.22. The molecule has 1 aromatic carbocycles. The van der Waals surface area contributed by atoms with Crippen molar-refractivity contribution >= 4 is 26.7 Å². The summed E-state index contributed by atoms with van der Waals surface area (Å²) in [6.07, 6.45) is 3.24. The average Bonchev–Trinajstić information content (AvgIpc) is 2.82. The Kier molecular flexibility index (Phi) is 3.22. The molecule has 0 atom stereocenters. The Morgan fingerprint density at radius 2 is 2.17 bits per heavy atom. The SMILES string of the molecule is CCc1ccc2nc(N3CCC(N)CC3)sc2c1. The minimum atomic E-state index is 0.377. The van der Waals surface area contributed by atoms with Crippen LogP contribution in [0.2, 0.25) is 0 Å². The quantitative estimate of drug-likeness (QED) is 0.904. The topological polar surface area (TPSA) is 42.2 Å². The van der Waals surface area contributed by atoms with Crippen molar-refractivity contribution in [2.75, 3.05) is 18.0 Å². The van der Waals surface area contributed by atoms with E-state index in [0.717, 1.165) is 43.0 Å². The summed E-state index contributed by atoms with van der Waals surface area (Å²) < 4.78 is 1.30. The third-order valence-corrected chi connectivity index (χ3v) is 4.74. The molecule has 1 aliphatic rings. The van der Waals surface area contributed by atoms with E-state index in [4.69, 9.17) is 10.7 Å². The van der Waals surface area contributed by atoms with E-state index in [2.05, 4.69) is 30.0 Å². The van der Waals surface area contributed by atoms with Crippen molar-refractivity contribution in [1.29, 1.82) is 0 Å². The maximum atomic E-state index is 5.94. The van der Waals surface area contributed by atoms with E-state index in [1.807, 2.05) is 11.3 Å². The molecule has 2 N–H and O–H groups in total. The summed E-state index contributed by atoms with van der Waals surface area (Å²) in [5, 5.41) is 1.16. The van der Waals surface area contributed by atoms with Crippen LogP contribution in [0.25, 0.3) is 10.2 Å². The Hall–Kier alpha value is -1.13. The Bertz CT molecular complexity index is 541. The molecule has 3 rings (SSSR count). The zero-order chi connectivity index (χ0) is 12.5. The van der Waals surface area contributed by atoms with Crippen LogP contribution in [-0.2, 0) is 6.42 Å². The highest BCUT2D eigenvalue weighted by Crippen LogP contribution is 2.31. The zero-order valence-electron chi connectivity index (χ0n) is 10.7. The molecule has 18 heavy (non-hydrogen) atoms. The molecule has 0 aliphatic carbocycles. The highest BCUT2D eigenvalue weighted by molar-refractivity contribution is 7.22. The van der Waals surface area contributed by atoms with Gasteiger partial charge in [-0.1, -0.05) is 24.3 Å². The normalized spacial score (nSPS) is 17.6. The number of hydrogen-bond acceptors (Lipinski definition) is 4. The summed E-state index contributed by atoms with van der Waals surface area (Å²) in [6.45, 7) is 4.28. The molecule has 1 fully saturated rings. The lowest BCUT2D eigenvalue weighted by atomic mass is 10.1. The van der Waals surface area contributed by atoms with Crippen LogP contribution in [0.5, 0.6) is 0 Å². The van der Waals surface area contributed by atoms with Gasteiger partial charge in [-0.05, 0) is 37.0 Å². The van der Waals surface area contributed by atoms with E-state index in [0.29, 0.717) is 6.04 Å². The summed E-state index contributed by atoms with van der Waals surface area (Å²) in [5.41, 5.74) is 8.46. The highest BCUT2D eigenvalue weighted by atomic mass is 32.1. The molecule has 96 valence electrons. The van der Waals surface area contributed by atoms with E-state index >= 15 is 0 Å². The van der Waals surface area contributed by atoms with Gasteiger partial charge in [-0.25, -0.2) is 4.98 Å². The number of aromatic nitrogens is 1. The molecule has 0 spiro atoms. The maximum absolute atomic E-state index is 5.94. The van der Waals surface area contributed by atoms with Gasteiger partial charge in [-0.2, -0.15) is 0 Å². The fraction of sp³-hybridized carbons (Fsp3) is 0.500.